The number of likely N-dealkylation sites (N-methyl/N-ethyl adjacent to an activating group) is 1. The molecule has 30 heavy (non-hydrogen) atoms. The monoisotopic (exact) mass is 530 g/mol. The zero-order valence-electron chi connectivity index (χ0n) is 19.0. The van der Waals surface area contributed by atoms with Crippen LogP contribution in [0.15, 0.2) is 4.99 Å². The molecule has 2 N–H and O–H groups in total. The van der Waals surface area contributed by atoms with Crippen LogP contribution in [0.2, 0.25) is 0 Å². The predicted octanol–water partition coefficient (Wildman–Crippen LogP) is 1.89. The number of hydrogen-bond donors (Lipinski definition) is 2. The Labute approximate surface area is 198 Å². The zero-order valence-corrected chi connectivity index (χ0v) is 21.3. The first kappa shape index (κ1) is 23.7. The van der Waals surface area contributed by atoms with Gasteiger partial charge in [-0.3, -0.25) is 9.80 Å². The summed E-state index contributed by atoms with van der Waals surface area (Å²) in [6.45, 7) is 11.6. The van der Waals surface area contributed by atoms with Crippen LogP contribution in [0.5, 0.6) is 0 Å². The SMILES string of the molecule is CCN1CCCC1CNC(=NCc1nnc(C)n1C)NC1CC(C)N(C2CC2)C1.I. The lowest BCUT2D eigenvalue weighted by Crippen LogP contribution is -2.48. The lowest BCUT2D eigenvalue weighted by molar-refractivity contribution is 0.256. The smallest absolute Gasteiger partial charge is 0.192 e. The van der Waals surface area contributed by atoms with Crippen molar-refractivity contribution in [3.05, 3.63) is 11.6 Å². The summed E-state index contributed by atoms with van der Waals surface area (Å²) < 4.78 is 2.02. The normalized spacial score (nSPS) is 28.0. The van der Waals surface area contributed by atoms with Crippen molar-refractivity contribution in [2.75, 3.05) is 26.2 Å². The summed E-state index contributed by atoms with van der Waals surface area (Å²) in [4.78, 5) is 10.1. The van der Waals surface area contributed by atoms with Crippen LogP contribution in [-0.4, -0.2) is 80.9 Å². The lowest BCUT2D eigenvalue weighted by Gasteiger charge is -2.25. The molecule has 2 saturated heterocycles. The quantitative estimate of drug-likeness (QED) is 0.319. The Morgan fingerprint density at radius 1 is 1.23 bits per heavy atom. The number of rotatable bonds is 7. The van der Waals surface area contributed by atoms with E-state index < -0.39 is 0 Å². The minimum Gasteiger partial charge on any atom is -0.355 e. The van der Waals surface area contributed by atoms with Crippen molar-refractivity contribution in [3.8, 4) is 0 Å². The van der Waals surface area contributed by atoms with Crippen molar-refractivity contribution in [3.63, 3.8) is 0 Å². The number of aryl methyl sites for hydroxylation is 1. The second-order valence-corrected chi connectivity index (χ2v) is 9.05. The Balaban J connectivity index is 0.00000256. The average molecular weight is 531 g/mol. The van der Waals surface area contributed by atoms with E-state index in [9.17, 15) is 0 Å². The number of aliphatic imine (C=N–C) groups is 1. The Hall–Kier alpha value is -0.940. The summed E-state index contributed by atoms with van der Waals surface area (Å²) >= 11 is 0. The highest BCUT2D eigenvalue weighted by molar-refractivity contribution is 14.0. The van der Waals surface area contributed by atoms with Crippen molar-refractivity contribution in [2.24, 2.45) is 12.0 Å². The molecule has 1 aliphatic carbocycles. The molecule has 3 fully saturated rings. The predicted molar refractivity (Wildman–Crippen MR) is 131 cm³/mol. The standard InChI is InChI=1S/C21H38N8.HI/c1-5-28-10-6-7-19(28)12-22-21(23-13-20-26-25-16(3)27(20)4)24-17-11-15(2)29(14-17)18-8-9-18;/h15,17-19H,5-14H2,1-4H3,(H2,22,23,24);1H. The Morgan fingerprint density at radius 2 is 2.03 bits per heavy atom. The summed E-state index contributed by atoms with van der Waals surface area (Å²) in [5.74, 6) is 2.74. The topological polar surface area (TPSA) is 73.6 Å². The number of likely N-dealkylation sites (tertiary alicyclic amines) is 2. The van der Waals surface area contributed by atoms with Crippen molar-refractivity contribution in [1.29, 1.82) is 0 Å². The van der Waals surface area contributed by atoms with Gasteiger partial charge in [0.15, 0.2) is 11.8 Å². The molecule has 3 aliphatic rings. The highest BCUT2D eigenvalue weighted by atomic mass is 127. The van der Waals surface area contributed by atoms with E-state index in [2.05, 4.69) is 44.5 Å². The molecule has 1 saturated carbocycles. The third-order valence-electron chi connectivity index (χ3n) is 6.95. The van der Waals surface area contributed by atoms with Gasteiger partial charge in [-0.05, 0) is 59.0 Å². The van der Waals surface area contributed by atoms with Crippen LogP contribution in [0.3, 0.4) is 0 Å². The van der Waals surface area contributed by atoms with E-state index in [1.165, 1.54) is 38.6 Å². The van der Waals surface area contributed by atoms with Crippen LogP contribution in [0, 0.1) is 6.92 Å². The van der Waals surface area contributed by atoms with Gasteiger partial charge < -0.3 is 15.2 Å². The number of nitrogens with one attached hydrogen (secondary N) is 2. The Morgan fingerprint density at radius 3 is 2.70 bits per heavy atom. The van der Waals surface area contributed by atoms with Gasteiger partial charge in [0.1, 0.15) is 12.4 Å². The summed E-state index contributed by atoms with van der Waals surface area (Å²) in [6, 6.07) is 2.55. The van der Waals surface area contributed by atoms with Crippen molar-refractivity contribution >= 4 is 29.9 Å². The molecule has 170 valence electrons. The first-order chi connectivity index (χ1) is 14.0. The summed E-state index contributed by atoms with van der Waals surface area (Å²) in [7, 11) is 2.00. The van der Waals surface area contributed by atoms with E-state index in [4.69, 9.17) is 4.99 Å². The maximum atomic E-state index is 4.89. The number of hydrogen-bond acceptors (Lipinski definition) is 5. The van der Waals surface area contributed by atoms with Crippen LogP contribution < -0.4 is 10.6 Å². The molecule has 0 radical (unpaired) electrons. The van der Waals surface area contributed by atoms with Gasteiger partial charge >= 0.3 is 0 Å². The molecule has 3 atom stereocenters. The second kappa shape index (κ2) is 10.6. The van der Waals surface area contributed by atoms with E-state index >= 15 is 0 Å². The van der Waals surface area contributed by atoms with E-state index in [0.717, 1.165) is 43.3 Å². The fourth-order valence-corrected chi connectivity index (χ4v) is 4.92. The molecule has 3 unspecified atom stereocenters. The Kier molecular flexibility index (Phi) is 8.37. The molecule has 3 heterocycles. The molecule has 0 bridgehead atoms. The fraction of sp³-hybridized carbons (Fsp3) is 0.857. The molecular weight excluding hydrogens is 491 g/mol. The third-order valence-corrected chi connectivity index (χ3v) is 6.95. The number of aromatic nitrogens is 3. The molecule has 0 amide bonds. The first-order valence-electron chi connectivity index (χ1n) is 11.4. The molecule has 1 aromatic rings. The van der Waals surface area contributed by atoms with E-state index in [1.807, 2.05) is 18.5 Å². The molecule has 0 aromatic carbocycles. The van der Waals surface area contributed by atoms with Gasteiger partial charge in [-0.2, -0.15) is 0 Å². The molecular formula is C21H39IN8. The first-order valence-corrected chi connectivity index (χ1v) is 11.4. The van der Waals surface area contributed by atoms with Crippen LogP contribution in [0.25, 0.3) is 0 Å². The molecule has 4 rings (SSSR count). The second-order valence-electron chi connectivity index (χ2n) is 9.05. The maximum absolute atomic E-state index is 4.89. The number of halogens is 1. The largest absolute Gasteiger partial charge is 0.355 e. The van der Waals surface area contributed by atoms with Gasteiger partial charge in [0.25, 0.3) is 0 Å². The molecule has 9 heteroatoms. The Bertz CT molecular complexity index is 716. The van der Waals surface area contributed by atoms with Gasteiger partial charge in [-0.25, -0.2) is 4.99 Å². The minimum atomic E-state index is 0. The molecule has 0 spiro atoms. The van der Waals surface area contributed by atoms with Crippen LogP contribution in [-0.2, 0) is 13.6 Å². The van der Waals surface area contributed by atoms with Gasteiger partial charge in [0, 0.05) is 44.3 Å². The van der Waals surface area contributed by atoms with Gasteiger partial charge in [-0.15, -0.1) is 34.2 Å². The number of nitrogens with zero attached hydrogens (tertiary/aromatic N) is 6. The van der Waals surface area contributed by atoms with Gasteiger partial charge in [0.2, 0.25) is 0 Å². The molecule has 8 nitrogen and oxygen atoms in total. The average Bonchev–Trinajstić information content (AvgIpc) is 3.21. The van der Waals surface area contributed by atoms with Crippen LogP contribution in [0.1, 0.15) is 57.6 Å². The fourth-order valence-electron chi connectivity index (χ4n) is 4.92. The lowest BCUT2D eigenvalue weighted by atomic mass is 10.2. The van der Waals surface area contributed by atoms with Crippen LogP contribution >= 0.6 is 24.0 Å². The van der Waals surface area contributed by atoms with E-state index in [0.29, 0.717) is 24.7 Å². The zero-order chi connectivity index (χ0) is 20.4. The summed E-state index contributed by atoms with van der Waals surface area (Å²) in [5, 5.41) is 15.8. The number of guanidine groups is 1. The van der Waals surface area contributed by atoms with E-state index in [1.54, 1.807) is 0 Å². The highest BCUT2D eigenvalue weighted by Gasteiger charge is 2.39. The molecule has 1 aromatic heterocycles. The molecule has 2 aliphatic heterocycles. The van der Waals surface area contributed by atoms with Crippen LogP contribution in [0.4, 0.5) is 0 Å². The van der Waals surface area contributed by atoms with Crippen molar-refractivity contribution in [2.45, 2.75) is 83.6 Å². The third kappa shape index (κ3) is 5.64. The van der Waals surface area contributed by atoms with Crippen molar-refractivity contribution in [1.82, 2.24) is 35.2 Å². The highest BCUT2D eigenvalue weighted by Crippen LogP contribution is 2.33. The van der Waals surface area contributed by atoms with Gasteiger partial charge in [-0.1, -0.05) is 6.92 Å². The van der Waals surface area contributed by atoms with E-state index in [-0.39, 0.29) is 24.0 Å². The van der Waals surface area contributed by atoms with Gasteiger partial charge in [0.05, 0.1) is 0 Å². The maximum Gasteiger partial charge on any atom is 0.192 e. The minimum absolute atomic E-state index is 0. The van der Waals surface area contributed by atoms with Crippen molar-refractivity contribution < 1.29 is 0 Å². The summed E-state index contributed by atoms with van der Waals surface area (Å²) in [5.41, 5.74) is 0. The summed E-state index contributed by atoms with van der Waals surface area (Å²) in [6.07, 6.45) is 6.50.